The molecule has 7 nitrogen and oxygen atoms in total. The van der Waals surface area contributed by atoms with Crippen LogP contribution in [0.4, 0.5) is 0 Å². The van der Waals surface area contributed by atoms with Crippen LogP contribution in [0.25, 0.3) is 39.1 Å². The number of benzene rings is 3. The Bertz CT molecular complexity index is 1430. The third-order valence-electron chi connectivity index (χ3n) is 6.14. The summed E-state index contributed by atoms with van der Waals surface area (Å²) in [6, 6.07) is 21.1. The minimum absolute atomic E-state index is 0.523. The summed E-state index contributed by atoms with van der Waals surface area (Å²) in [6.07, 6.45) is 3.00. The molecule has 0 fully saturated rings. The minimum Gasteiger partial charge on any atom is -0.326 e. The quantitative estimate of drug-likeness (QED) is 0.412. The summed E-state index contributed by atoms with van der Waals surface area (Å²) >= 11 is 0. The van der Waals surface area contributed by atoms with Crippen molar-refractivity contribution in [2.24, 2.45) is 5.73 Å². The largest absolute Gasteiger partial charge is 0.326 e. The zero-order chi connectivity index (χ0) is 21.5. The molecule has 1 aliphatic rings. The van der Waals surface area contributed by atoms with Crippen LogP contribution in [-0.2, 0) is 19.5 Å². The summed E-state index contributed by atoms with van der Waals surface area (Å²) in [5.74, 6) is 0. The fourth-order valence-corrected chi connectivity index (χ4v) is 4.37. The number of aromatic nitrogens is 5. The zero-order valence-electron chi connectivity index (χ0n) is 17.5. The Hall–Kier alpha value is -3.81. The maximum atomic E-state index is 5.82. The molecule has 0 amide bonds. The molecule has 0 unspecified atom stereocenters. The molecule has 6 rings (SSSR count). The molecule has 158 valence electrons. The Morgan fingerprint density at radius 2 is 1.91 bits per heavy atom. The normalized spacial score (nSPS) is 13.4. The second-order valence-corrected chi connectivity index (χ2v) is 8.17. The lowest BCUT2D eigenvalue weighted by atomic mass is 10.0. The Balaban J connectivity index is 1.38. The van der Waals surface area contributed by atoms with Crippen LogP contribution >= 0.6 is 0 Å². The first-order valence-electron chi connectivity index (χ1n) is 10.8. The maximum absolute atomic E-state index is 5.82. The van der Waals surface area contributed by atoms with E-state index in [1.807, 2.05) is 23.0 Å². The highest BCUT2D eigenvalue weighted by atomic mass is 15.4. The van der Waals surface area contributed by atoms with E-state index in [0.29, 0.717) is 6.54 Å². The van der Waals surface area contributed by atoms with Gasteiger partial charge in [-0.05, 0) is 71.1 Å². The van der Waals surface area contributed by atoms with Crippen molar-refractivity contribution in [1.82, 2.24) is 30.5 Å². The number of nitrogens with zero attached hydrogens (tertiary/aromatic N) is 4. The van der Waals surface area contributed by atoms with E-state index in [1.165, 1.54) is 11.1 Å². The summed E-state index contributed by atoms with van der Waals surface area (Å²) < 4.78 is 1.82. The molecular weight excluding hydrogens is 398 g/mol. The number of nitrogens with two attached hydrogens (primary N) is 1. The van der Waals surface area contributed by atoms with Gasteiger partial charge in [0.15, 0.2) is 0 Å². The Labute approximate surface area is 185 Å². The lowest BCUT2D eigenvalue weighted by molar-refractivity contribution is 0.642. The first-order valence-corrected chi connectivity index (χ1v) is 10.8. The minimum atomic E-state index is 0.523. The molecule has 0 spiro atoms. The SMILES string of the molecule is NCc1cccc(-c2ccc3[nH]nc(-c4cn(-c5ccc6c(c5)CNCC6)nn4)c3c2)c1. The molecule has 2 aromatic heterocycles. The molecule has 32 heavy (non-hydrogen) atoms. The van der Waals surface area contributed by atoms with Gasteiger partial charge in [-0.25, -0.2) is 4.68 Å². The predicted molar refractivity (Wildman–Crippen MR) is 125 cm³/mol. The zero-order valence-corrected chi connectivity index (χ0v) is 17.5. The highest BCUT2D eigenvalue weighted by Gasteiger charge is 2.15. The summed E-state index contributed by atoms with van der Waals surface area (Å²) in [5, 5.41) is 20.9. The molecule has 7 heteroatoms. The van der Waals surface area contributed by atoms with E-state index in [-0.39, 0.29) is 0 Å². The van der Waals surface area contributed by atoms with Gasteiger partial charge in [0.1, 0.15) is 11.4 Å². The van der Waals surface area contributed by atoms with Gasteiger partial charge in [0, 0.05) is 18.5 Å². The van der Waals surface area contributed by atoms with E-state index < -0.39 is 0 Å². The van der Waals surface area contributed by atoms with Gasteiger partial charge in [0.25, 0.3) is 0 Å². The molecule has 1 aliphatic heterocycles. The average Bonchev–Trinajstić information content (AvgIpc) is 3.50. The van der Waals surface area contributed by atoms with Crippen molar-refractivity contribution in [2.75, 3.05) is 6.54 Å². The smallest absolute Gasteiger partial charge is 0.134 e. The number of fused-ring (bicyclic) bond motifs is 2. The third-order valence-corrected chi connectivity index (χ3v) is 6.14. The highest BCUT2D eigenvalue weighted by molar-refractivity contribution is 5.94. The van der Waals surface area contributed by atoms with Crippen LogP contribution in [-0.4, -0.2) is 31.7 Å². The highest BCUT2D eigenvalue weighted by Crippen LogP contribution is 2.30. The topological polar surface area (TPSA) is 97.4 Å². The molecule has 0 radical (unpaired) electrons. The van der Waals surface area contributed by atoms with Gasteiger partial charge >= 0.3 is 0 Å². The van der Waals surface area contributed by atoms with Crippen molar-refractivity contribution in [1.29, 1.82) is 0 Å². The monoisotopic (exact) mass is 421 g/mol. The molecule has 5 aromatic rings. The van der Waals surface area contributed by atoms with Crippen molar-refractivity contribution in [3.8, 4) is 28.2 Å². The second kappa shape index (κ2) is 7.71. The fraction of sp³-hybridized carbons (Fsp3) is 0.160. The van der Waals surface area contributed by atoms with Crippen molar-refractivity contribution in [3.63, 3.8) is 0 Å². The number of hydrogen-bond donors (Lipinski definition) is 3. The third kappa shape index (κ3) is 3.28. The van der Waals surface area contributed by atoms with Crippen LogP contribution in [0.2, 0.25) is 0 Å². The number of aromatic amines is 1. The molecule has 3 heterocycles. The van der Waals surface area contributed by atoms with Gasteiger partial charge in [-0.1, -0.05) is 35.5 Å². The average molecular weight is 422 g/mol. The van der Waals surface area contributed by atoms with Gasteiger partial charge in [0.2, 0.25) is 0 Å². The summed E-state index contributed by atoms with van der Waals surface area (Å²) in [5.41, 5.74) is 15.4. The number of hydrogen-bond acceptors (Lipinski definition) is 5. The standard InChI is InChI=1S/C25H23N7/c26-13-16-2-1-3-18(10-16)19-5-7-23-22(12-19)25(30-28-23)24-15-32(31-29-24)21-6-4-17-8-9-27-14-20(17)11-21/h1-7,10-12,15,27H,8-9,13-14,26H2,(H,28,30). The first-order chi connectivity index (χ1) is 15.8. The lowest BCUT2D eigenvalue weighted by Crippen LogP contribution is -2.23. The summed E-state index contributed by atoms with van der Waals surface area (Å²) in [7, 11) is 0. The maximum Gasteiger partial charge on any atom is 0.134 e. The fourth-order valence-electron chi connectivity index (χ4n) is 4.37. The van der Waals surface area contributed by atoms with Gasteiger partial charge < -0.3 is 11.1 Å². The van der Waals surface area contributed by atoms with E-state index in [4.69, 9.17) is 5.73 Å². The van der Waals surface area contributed by atoms with Crippen molar-refractivity contribution < 1.29 is 0 Å². The predicted octanol–water partition coefficient (Wildman–Crippen LogP) is 3.58. The van der Waals surface area contributed by atoms with E-state index in [9.17, 15) is 0 Å². The molecule has 4 N–H and O–H groups in total. The summed E-state index contributed by atoms with van der Waals surface area (Å²) in [6.45, 7) is 2.45. The molecule has 0 saturated heterocycles. The van der Waals surface area contributed by atoms with Gasteiger partial charge in [-0.2, -0.15) is 5.10 Å². The number of H-pyrrole nitrogens is 1. The van der Waals surface area contributed by atoms with Gasteiger partial charge in [0.05, 0.1) is 17.4 Å². The van der Waals surface area contributed by atoms with Crippen LogP contribution < -0.4 is 11.1 Å². The molecule has 0 atom stereocenters. The van der Waals surface area contributed by atoms with Gasteiger partial charge in [-0.3, -0.25) is 5.10 Å². The van der Waals surface area contributed by atoms with E-state index >= 15 is 0 Å². The van der Waals surface area contributed by atoms with Crippen LogP contribution in [0.1, 0.15) is 16.7 Å². The van der Waals surface area contributed by atoms with Crippen molar-refractivity contribution in [2.45, 2.75) is 19.5 Å². The Kier molecular flexibility index (Phi) is 4.56. The van der Waals surface area contributed by atoms with E-state index in [0.717, 1.165) is 64.2 Å². The van der Waals surface area contributed by atoms with Crippen molar-refractivity contribution >= 4 is 10.9 Å². The van der Waals surface area contributed by atoms with Crippen molar-refractivity contribution in [3.05, 3.63) is 83.6 Å². The van der Waals surface area contributed by atoms with E-state index in [1.54, 1.807) is 0 Å². The second-order valence-electron chi connectivity index (χ2n) is 8.17. The molecule has 0 aliphatic carbocycles. The number of nitrogens with one attached hydrogen (secondary N) is 2. The van der Waals surface area contributed by atoms with Gasteiger partial charge in [-0.15, -0.1) is 5.10 Å². The van der Waals surface area contributed by atoms with Crippen LogP contribution in [0, 0.1) is 0 Å². The number of rotatable bonds is 4. The van der Waals surface area contributed by atoms with Crippen LogP contribution in [0.15, 0.2) is 66.9 Å². The first kappa shape index (κ1) is 18.9. The summed E-state index contributed by atoms with van der Waals surface area (Å²) in [4.78, 5) is 0. The molecular formula is C25H23N7. The Morgan fingerprint density at radius 3 is 2.84 bits per heavy atom. The molecule has 3 aromatic carbocycles. The molecule has 0 saturated carbocycles. The van der Waals surface area contributed by atoms with E-state index in [2.05, 4.69) is 74.4 Å². The van der Waals surface area contributed by atoms with Crippen LogP contribution in [0.5, 0.6) is 0 Å². The Morgan fingerprint density at radius 1 is 0.969 bits per heavy atom. The lowest BCUT2D eigenvalue weighted by Gasteiger charge is -2.17. The molecule has 0 bridgehead atoms. The van der Waals surface area contributed by atoms with Crippen LogP contribution in [0.3, 0.4) is 0 Å².